The van der Waals surface area contributed by atoms with Crippen LogP contribution in [0.1, 0.15) is 36.9 Å². The minimum Gasteiger partial charge on any atom is -0.355 e. The van der Waals surface area contributed by atoms with E-state index in [-0.39, 0.29) is 43.7 Å². The van der Waals surface area contributed by atoms with Crippen molar-refractivity contribution in [2.45, 2.75) is 31.6 Å². The standard InChI is InChI=1S/C13H13F4N3/c14-11(15)10-3-2-9(8-18)12(19-10)20-6-1-4-13(16,17)5-7-20/h2-3,11H,1,4-7H2. The molecule has 0 radical (unpaired) electrons. The minimum atomic E-state index is -2.75. The Morgan fingerprint density at radius 3 is 2.65 bits per heavy atom. The van der Waals surface area contributed by atoms with Gasteiger partial charge < -0.3 is 4.90 Å². The summed E-state index contributed by atoms with van der Waals surface area (Å²) >= 11 is 0. The van der Waals surface area contributed by atoms with Gasteiger partial charge >= 0.3 is 0 Å². The van der Waals surface area contributed by atoms with Crippen LogP contribution >= 0.6 is 0 Å². The number of rotatable bonds is 2. The summed E-state index contributed by atoms with van der Waals surface area (Å²) in [6.07, 6.45) is -3.12. The van der Waals surface area contributed by atoms with E-state index in [9.17, 15) is 17.6 Å². The van der Waals surface area contributed by atoms with Crippen LogP contribution in [0.15, 0.2) is 12.1 Å². The van der Waals surface area contributed by atoms with E-state index in [1.54, 1.807) is 0 Å². The number of alkyl halides is 4. The van der Waals surface area contributed by atoms with Crippen LogP contribution in [0.25, 0.3) is 0 Å². The maximum Gasteiger partial charge on any atom is 0.280 e. The molecule has 0 saturated carbocycles. The van der Waals surface area contributed by atoms with Crippen LogP contribution in [0.5, 0.6) is 0 Å². The molecule has 2 rings (SSSR count). The van der Waals surface area contributed by atoms with Gasteiger partial charge in [-0.15, -0.1) is 0 Å². The summed E-state index contributed by atoms with van der Waals surface area (Å²) in [5, 5.41) is 9.00. The molecule has 0 atom stereocenters. The largest absolute Gasteiger partial charge is 0.355 e. The molecular weight excluding hydrogens is 274 g/mol. The molecule has 3 nitrogen and oxygen atoms in total. The number of anilines is 1. The number of aromatic nitrogens is 1. The lowest BCUT2D eigenvalue weighted by Crippen LogP contribution is -2.27. The quantitative estimate of drug-likeness (QED) is 0.781. The van der Waals surface area contributed by atoms with Gasteiger partial charge in [-0.25, -0.2) is 22.5 Å². The molecule has 0 spiro atoms. The average Bonchev–Trinajstić information content (AvgIpc) is 2.59. The van der Waals surface area contributed by atoms with Crippen molar-refractivity contribution >= 4 is 5.82 Å². The molecule has 2 heterocycles. The molecule has 1 saturated heterocycles. The van der Waals surface area contributed by atoms with E-state index in [2.05, 4.69) is 4.98 Å². The van der Waals surface area contributed by atoms with Gasteiger partial charge in [0.25, 0.3) is 6.43 Å². The van der Waals surface area contributed by atoms with Gasteiger partial charge in [0.2, 0.25) is 5.92 Å². The van der Waals surface area contributed by atoms with Crippen molar-refractivity contribution in [3.05, 3.63) is 23.4 Å². The Balaban J connectivity index is 2.31. The zero-order valence-corrected chi connectivity index (χ0v) is 10.6. The molecular formula is C13H13F4N3. The van der Waals surface area contributed by atoms with Crippen LogP contribution in [0.3, 0.4) is 0 Å². The predicted octanol–water partition coefficient (Wildman–Crippen LogP) is 3.52. The van der Waals surface area contributed by atoms with Gasteiger partial charge in [0.15, 0.2) is 0 Å². The molecule has 0 N–H and O–H groups in total. The number of hydrogen-bond acceptors (Lipinski definition) is 3. The summed E-state index contributed by atoms with van der Waals surface area (Å²) in [5.41, 5.74) is -0.324. The van der Waals surface area contributed by atoms with Crippen LogP contribution in [0.4, 0.5) is 23.4 Å². The Kier molecular flexibility index (Phi) is 4.12. The Hall–Kier alpha value is -1.84. The van der Waals surface area contributed by atoms with E-state index in [0.717, 1.165) is 6.07 Å². The number of hydrogen-bond donors (Lipinski definition) is 0. The van der Waals surface area contributed by atoms with Crippen molar-refractivity contribution < 1.29 is 17.6 Å². The van der Waals surface area contributed by atoms with Crippen molar-refractivity contribution in [1.29, 1.82) is 5.26 Å². The summed E-state index contributed by atoms with van der Waals surface area (Å²) in [6, 6.07) is 4.20. The van der Waals surface area contributed by atoms with Gasteiger partial charge in [-0.05, 0) is 18.6 Å². The molecule has 7 heteroatoms. The lowest BCUT2D eigenvalue weighted by atomic mass is 10.1. The van der Waals surface area contributed by atoms with Crippen LogP contribution in [0, 0.1) is 11.3 Å². The van der Waals surface area contributed by atoms with Gasteiger partial charge in [0.1, 0.15) is 17.6 Å². The maximum absolute atomic E-state index is 13.3. The van der Waals surface area contributed by atoms with Crippen molar-refractivity contribution in [3.63, 3.8) is 0 Å². The zero-order chi connectivity index (χ0) is 14.8. The Bertz CT molecular complexity index is 525. The van der Waals surface area contributed by atoms with Crippen LogP contribution in [-0.2, 0) is 0 Å². The average molecular weight is 287 g/mol. The van der Waals surface area contributed by atoms with E-state index in [4.69, 9.17) is 5.26 Å². The second-order valence-corrected chi connectivity index (χ2v) is 4.72. The Morgan fingerprint density at radius 2 is 2.00 bits per heavy atom. The Labute approximate surface area is 113 Å². The van der Waals surface area contributed by atoms with Crippen LogP contribution in [0.2, 0.25) is 0 Å². The highest BCUT2D eigenvalue weighted by atomic mass is 19.3. The van der Waals surface area contributed by atoms with Crippen LogP contribution < -0.4 is 4.90 Å². The molecule has 1 aromatic rings. The normalized spacial score (nSPS) is 18.7. The molecule has 0 amide bonds. The minimum absolute atomic E-state index is 0.00136. The molecule has 1 fully saturated rings. The topological polar surface area (TPSA) is 39.9 Å². The van der Waals surface area contributed by atoms with E-state index >= 15 is 0 Å². The molecule has 108 valence electrons. The summed E-state index contributed by atoms with van der Waals surface area (Å²) in [7, 11) is 0. The van der Waals surface area contributed by atoms with E-state index in [1.165, 1.54) is 11.0 Å². The fourth-order valence-electron chi connectivity index (χ4n) is 2.19. The molecule has 0 bridgehead atoms. The first-order valence-electron chi connectivity index (χ1n) is 6.25. The third-order valence-electron chi connectivity index (χ3n) is 3.26. The number of nitrogens with zero attached hydrogens (tertiary/aromatic N) is 3. The van der Waals surface area contributed by atoms with Crippen molar-refractivity contribution in [1.82, 2.24) is 4.98 Å². The van der Waals surface area contributed by atoms with E-state index in [0.29, 0.717) is 0 Å². The van der Waals surface area contributed by atoms with Gasteiger partial charge in [-0.1, -0.05) is 0 Å². The summed E-state index contributed by atoms with van der Waals surface area (Å²) in [4.78, 5) is 5.26. The summed E-state index contributed by atoms with van der Waals surface area (Å²) in [5.74, 6) is -2.68. The third kappa shape index (κ3) is 3.18. The molecule has 1 aliphatic heterocycles. The van der Waals surface area contributed by atoms with Crippen molar-refractivity contribution in [3.8, 4) is 6.07 Å². The smallest absolute Gasteiger partial charge is 0.280 e. The van der Waals surface area contributed by atoms with E-state index in [1.807, 2.05) is 6.07 Å². The molecule has 1 aliphatic rings. The maximum atomic E-state index is 13.3. The third-order valence-corrected chi connectivity index (χ3v) is 3.26. The second-order valence-electron chi connectivity index (χ2n) is 4.72. The summed E-state index contributed by atoms with van der Waals surface area (Å²) < 4.78 is 52.0. The summed E-state index contributed by atoms with van der Waals surface area (Å²) in [6.45, 7) is 0.283. The van der Waals surface area contributed by atoms with Crippen molar-refractivity contribution in [2.24, 2.45) is 0 Å². The zero-order valence-electron chi connectivity index (χ0n) is 10.6. The first kappa shape index (κ1) is 14.6. The van der Waals surface area contributed by atoms with Gasteiger partial charge in [-0.3, -0.25) is 0 Å². The van der Waals surface area contributed by atoms with Crippen molar-refractivity contribution in [2.75, 3.05) is 18.0 Å². The van der Waals surface area contributed by atoms with Crippen LogP contribution in [-0.4, -0.2) is 24.0 Å². The SMILES string of the molecule is N#Cc1ccc(C(F)F)nc1N1CCCC(F)(F)CC1. The number of nitriles is 1. The highest BCUT2D eigenvalue weighted by Gasteiger charge is 2.32. The second kappa shape index (κ2) is 5.65. The molecule has 20 heavy (non-hydrogen) atoms. The lowest BCUT2D eigenvalue weighted by Gasteiger charge is -2.23. The van der Waals surface area contributed by atoms with Gasteiger partial charge in [0, 0.05) is 25.9 Å². The highest BCUT2D eigenvalue weighted by molar-refractivity contribution is 5.54. The Morgan fingerprint density at radius 1 is 1.25 bits per heavy atom. The molecule has 0 aliphatic carbocycles. The number of pyridine rings is 1. The molecule has 0 unspecified atom stereocenters. The number of halogens is 4. The van der Waals surface area contributed by atoms with E-state index < -0.39 is 18.0 Å². The van der Waals surface area contributed by atoms with Gasteiger partial charge in [0.05, 0.1) is 5.56 Å². The highest BCUT2D eigenvalue weighted by Crippen LogP contribution is 2.31. The molecule has 1 aromatic heterocycles. The fourth-order valence-corrected chi connectivity index (χ4v) is 2.19. The van der Waals surface area contributed by atoms with Gasteiger partial charge in [-0.2, -0.15) is 5.26 Å². The predicted molar refractivity (Wildman–Crippen MR) is 64.9 cm³/mol. The first-order chi connectivity index (χ1) is 9.43. The molecule has 0 aromatic carbocycles. The lowest BCUT2D eigenvalue weighted by molar-refractivity contribution is -0.0102. The first-order valence-corrected chi connectivity index (χ1v) is 6.25. The fraction of sp³-hybridized carbons (Fsp3) is 0.538. The monoisotopic (exact) mass is 287 g/mol.